The predicted molar refractivity (Wildman–Crippen MR) is 121 cm³/mol. The van der Waals surface area contributed by atoms with E-state index >= 15 is 0 Å². The van der Waals surface area contributed by atoms with Crippen molar-refractivity contribution >= 4 is 40.8 Å². The van der Waals surface area contributed by atoms with Gasteiger partial charge in [0, 0.05) is 13.1 Å². The number of nitrogens with zero attached hydrogens (tertiary/aromatic N) is 3. The molecule has 1 amide bonds. The molecule has 0 aliphatic heterocycles. The van der Waals surface area contributed by atoms with Gasteiger partial charge in [0.2, 0.25) is 16.5 Å². The third kappa shape index (κ3) is 4.40. The number of carbonyl (C=O) groups excluding carboxylic acids is 2. The van der Waals surface area contributed by atoms with Crippen molar-refractivity contribution in [3.05, 3.63) is 74.5 Å². The number of esters is 1. The Hall–Kier alpha value is -3.86. The molecule has 0 atom stereocenters. The van der Waals surface area contributed by atoms with Gasteiger partial charge in [0.05, 0.1) is 30.0 Å². The summed E-state index contributed by atoms with van der Waals surface area (Å²) >= 11 is 5.22. The minimum absolute atomic E-state index is 0.0824. The maximum Gasteiger partial charge on any atom is 0.337 e. The summed E-state index contributed by atoms with van der Waals surface area (Å²) < 4.78 is 22.1. The highest BCUT2D eigenvalue weighted by Crippen LogP contribution is 2.17. The molecule has 4 rings (SSSR count). The van der Waals surface area contributed by atoms with E-state index in [0.29, 0.717) is 18.5 Å². The summed E-state index contributed by atoms with van der Waals surface area (Å²) in [5.74, 6) is -0.989. The molecule has 0 radical (unpaired) electrons. The second-order valence-electron chi connectivity index (χ2n) is 7.33. The molecule has 0 fully saturated rings. The highest BCUT2D eigenvalue weighted by Gasteiger charge is 2.16. The van der Waals surface area contributed by atoms with Crippen molar-refractivity contribution in [3.8, 4) is 0 Å². The van der Waals surface area contributed by atoms with E-state index in [0.717, 1.165) is 5.56 Å². The van der Waals surface area contributed by atoms with Crippen LogP contribution in [0.25, 0.3) is 16.7 Å². The number of aromatic amines is 1. The van der Waals surface area contributed by atoms with Gasteiger partial charge >= 0.3 is 5.97 Å². The lowest BCUT2D eigenvalue weighted by atomic mass is 10.1. The average molecular weight is 469 g/mol. The van der Waals surface area contributed by atoms with Crippen molar-refractivity contribution in [2.45, 2.75) is 19.4 Å². The lowest BCUT2D eigenvalue weighted by Gasteiger charge is -2.11. The number of fused-ring (bicyclic) bond motifs is 3. The van der Waals surface area contributed by atoms with Gasteiger partial charge in [-0.15, -0.1) is 5.10 Å². The van der Waals surface area contributed by atoms with Crippen molar-refractivity contribution in [1.82, 2.24) is 24.5 Å². The van der Waals surface area contributed by atoms with E-state index < -0.39 is 11.8 Å². The lowest BCUT2D eigenvalue weighted by Crippen LogP contribution is -2.29. The van der Waals surface area contributed by atoms with Crippen LogP contribution in [0.15, 0.2) is 47.3 Å². The molecule has 0 bridgehead atoms. The topological polar surface area (TPSA) is 110 Å². The Kier molecular flexibility index (Phi) is 6.31. The van der Waals surface area contributed by atoms with Gasteiger partial charge in [0.25, 0.3) is 5.56 Å². The van der Waals surface area contributed by atoms with E-state index in [2.05, 4.69) is 20.3 Å². The number of ether oxygens (including phenoxy) is 1. The molecule has 2 aromatic carbocycles. The largest absolute Gasteiger partial charge is 0.465 e. The Morgan fingerprint density at radius 3 is 2.70 bits per heavy atom. The fraction of sp³-hybridized carbons (Fsp3) is 0.227. The van der Waals surface area contributed by atoms with Crippen LogP contribution in [0.5, 0.6) is 0 Å². The second-order valence-corrected chi connectivity index (χ2v) is 7.71. The van der Waals surface area contributed by atoms with E-state index in [4.69, 9.17) is 12.2 Å². The third-order valence-corrected chi connectivity index (χ3v) is 5.48. The molecule has 2 aromatic heterocycles. The molecule has 9 nitrogen and oxygen atoms in total. The van der Waals surface area contributed by atoms with E-state index in [9.17, 15) is 18.8 Å². The van der Waals surface area contributed by atoms with Crippen molar-refractivity contribution in [1.29, 1.82) is 0 Å². The third-order valence-electron chi connectivity index (χ3n) is 5.20. The van der Waals surface area contributed by atoms with Gasteiger partial charge in [0.1, 0.15) is 5.82 Å². The van der Waals surface area contributed by atoms with Crippen LogP contribution in [-0.2, 0) is 22.5 Å². The van der Waals surface area contributed by atoms with Crippen LogP contribution in [0, 0.1) is 10.6 Å². The summed E-state index contributed by atoms with van der Waals surface area (Å²) in [6.45, 7) is 0.576. The number of para-hydroxylation sites is 1. The standard InChI is InChI=1S/C22H20FN5O4S/c1-32-20(31)14-8-6-13(7-9-14)12-17(29)24-10-3-11-27-19(30)15-4-2-5-16(23)18(15)28-21(27)25-26-22(28)33/h2,4-9H,3,10-12H2,1H3,(H,24,29)(H,26,33). The Balaban J connectivity index is 1.43. The Morgan fingerprint density at radius 1 is 1.21 bits per heavy atom. The summed E-state index contributed by atoms with van der Waals surface area (Å²) in [5, 5.41) is 9.69. The quantitative estimate of drug-likeness (QED) is 0.244. The van der Waals surface area contributed by atoms with E-state index in [-0.39, 0.29) is 45.9 Å². The van der Waals surface area contributed by atoms with Crippen LogP contribution < -0.4 is 10.9 Å². The van der Waals surface area contributed by atoms with E-state index in [1.54, 1.807) is 30.3 Å². The summed E-state index contributed by atoms with van der Waals surface area (Å²) in [7, 11) is 1.31. The molecule has 11 heteroatoms. The number of methoxy groups -OCH3 is 1. The van der Waals surface area contributed by atoms with Crippen LogP contribution in [0.1, 0.15) is 22.3 Å². The first-order chi connectivity index (χ1) is 15.9. The van der Waals surface area contributed by atoms with Gasteiger partial charge in [-0.05, 0) is 48.5 Å². The number of H-pyrrole nitrogens is 1. The Labute approximate surface area is 191 Å². The number of rotatable bonds is 7. The van der Waals surface area contributed by atoms with Crippen LogP contribution in [-0.4, -0.2) is 44.7 Å². The number of hydrogen-bond acceptors (Lipinski definition) is 6. The number of carbonyl (C=O) groups is 2. The zero-order valence-corrected chi connectivity index (χ0v) is 18.4. The summed E-state index contributed by atoms with van der Waals surface area (Å²) in [4.78, 5) is 36.7. The fourth-order valence-electron chi connectivity index (χ4n) is 3.61. The number of aromatic nitrogens is 4. The average Bonchev–Trinajstić information content (AvgIpc) is 3.19. The van der Waals surface area contributed by atoms with Crippen LogP contribution in [0.2, 0.25) is 0 Å². The first kappa shape index (κ1) is 22.3. The van der Waals surface area contributed by atoms with Crippen molar-refractivity contribution in [2.24, 2.45) is 0 Å². The molecular formula is C22H20FN5O4S. The summed E-state index contributed by atoms with van der Waals surface area (Å²) in [6, 6.07) is 10.9. The van der Waals surface area contributed by atoms with Crippen LogP contribution >= 0.6 is 12.2 Å². The van der Waals surface area contributed by atoms with E-state index in [1.807, 2.05) is 0 Å². The minimum Gasteiger partial charge on any atom is -0.465 e. The molecule has 2 heterocycles. The second kappa shape index (κ2) is 9.33. The molecule has 0 spiro atoms. The molecule has 0 unspecified atom stereocenters. The van der Waals surface area contributed by atoms with E-state index in [1.165, 1.54) is 28.2 Å². The van der Waals surface area contributed by atoms with Crippen LogP contribution in [0.4, 0.5) is 4.39 Å². The highest BCUT2D eigenvalue weighted by atomic mass is 32.1. The fourth-order valence-corrected chi connectivity index (χ4v) is 3.83. The molecule has 0 aliphatic rings. The van der Waals surface area contributed by atoms with Crippen molar-refractivity contribution < 1.29 is 18.7 Å². The maximum atomic E-state index is 14.4. The Bertz CT molecular complexity index is 1470. The predicted octanol–water partition coefficient (Wildman–Crippen LogP) is 2.38. The number of aryl methyl sites for hydroxylation is 1. The SMILES string of the molecule is COC(=O)c1ccc(CC(=O)NCCCn2c(=O)c3cccc(F)c3n3c(=S)[nH]nc23)cc1. The van der Waals surface area contributed by atoms with Crippen molar-refractivity contribution in [2.75, 3.05) is 13.7 Å². The summed E-state index contributed by atoms with van der Waals surface area (Å²) in [5.41, 5.74) is 0.856. The molecule has 0 aliphatic carbocycles. The Morgan fingerprint density at radius 2 is 1.97 bits per heavy atom. The van der Waals surface area contributed by atoms with Gasteiger partial charge in [-0.1, -0.05) is 18.2 Å². The molecule has 33 heavy (non-hydrogen) atoms. The number of halogens is 1. The number of hydrogen-bond donors (Lipinski definition) is 2. The molecule has 4 aromatic rings. The van der Waals surface area contributed by atoms with Gasteiger partial charge in [-0.25, -0.2) is 14.3 Å². The monoisotopic (exact) mass is 469 g/mol. The molecular weight excluding hydrogens is 449 g/mol. The maximum absolute atomic E-state index is 14.4. The molecule has 0 saturated carbocycles. The first-order valence-electron chi connectivity index (χ1n) is 10.1. The highest BCUT2D eigenvalue weighted by molar-refractivity contribution is 7.71. The van der Waals surface area contributed by atoms with Gasteiger partial charge in [-0.2, -0.15) is 0 Å². The number of nitrogens with one attached hydrogen (secondary N) is 2. The van der Waals surface area contributed by atoms with Gasteiger partial charge in [0.15, 0.2) is 0 Å². The van der Waals surface area contributed by atoms with Crippen LogP contribution in [0.3, 0.4) is 0 Å². The molecule has 2 N–H and O–H groups in total. The van der Waals surface area contributed by atoms with Crippen molar-refractivity contribution in [3.63, 3.8) is 0 Å². The number of benzene rings is 2. The zero-order valence-electron chi connectivity index (χ0n) is 17.6. The lowest BCUT2D eigenvalue weighted by molar-refractivity contribution is -0.120. The summed E-state index contributed by atoms with van der Waals surface area (Å²) in [6.07, 6.45) is 0.596. The van der Waals surface area contributed by atoms with Gasteiger partial charge in [-0.3, -0.25) is 18.6 Å². The minimum atomic E-state index is -0.564. The first-order valence-corrected chi connectivity index (χ1v) is 10.5. The normalized spacial score (nSPS) is 11.1. The molecule has 170 valence electrons. The number of amides is 1. The zero-order chi connectivity index (χ0) is 23.5. The molecule has 0 saturated heterocycles. The smallest absolute Gasteiger partial charge is 0.337 e. The van der Waals surface area contributed by atoms with Gasteiger partial charge < -0.3 is 10.1 Å².